The van der Waals surface area contributed by atoms with E-state index in [2.05, 4.69) is 43.1 Å². The van der Waals surface area contributed by atoms with Crippen LogP contribution in [0.3, 0.4) is 0 Å². The first kappa shape index (κ1) is 19.8. The molecular weight excluding hydrogens is 362 g/mol. The quantitative estimate of drug-likeness (QED) is 0.765. The molecule has 2 aliphatic rings. The van der Waals surface area contributed by atoms with Crippen molar-refractivity contribution in [3.05, 3.63) is 60.4 Å². The van der Waals surface area contributed by atoms with Crippen LogP contribution in [-0.4, -0.2) is 27.8 Å². The van der Waals surface area contributed by atoms with Gasteiger partial charge in [0.05, 0.1) is 5.69 Å². The molecule has 1 N–H and O–H groups in total. The number of fused-ring (bicyclic) bond motifs is 1. The number of rotatable bonds is 4. The first-order valence-corrected chi connectivity index (χ1v) is 10.6. The van der Waals surface area contributed by atoms with Crippen molar-refractivity contribution in [1.29, 1.82) is 0 Å². The number of aromatic nitrogens is 1. The number of ether oxygens (including phenoxy) is 1. The van der Waals surface area contributed by atoms with Crippen LogP contribution in [0.25, 0.3) is 17.2 Å². The Balaban J connectivity index is 1.60. The van der Waals surface area contributed by atoms with Gasteiger partial charge in [0, 0.05) is 17.7 Å². The van der Waals surface area contributed by atoms with E-state index in [9.17, 15) is 9.90 Å². The molecule has 6 unspecified atom stereocenters. The normalized spacial score (nSPS) is 34.2. The molecule has 1 aromatic carbocycles. The SMILES string of the molecule is CCC1C(C)CC2(O)C(=O)OC(C)C2C1/C=C/c1ccc(-c2ccccc2)cn1. The van der Waals surface area contributed by atoms with Gasteiger partial charge >= 0.3 is 5.97 Å². The summed E-state index contributed by atoms with van der Waals surface area (Å²) in [6.45, 7) is 6.21. The van der Waals surface area contributed by atoms with Crippen LogP contribution in [0.1, 0.15) is 39.3 Å². The summed E-state index contributed by atoms with van der Waals surface area (Å²) in [4.78, 5) is 17.0. The Kier molecular flexibility index (Phi) is 5.30. The second-order valence-electron chi connectivity index (χ2n) is 8.59. The van der Waals surface area contributed by atoms with Crippen molar-refractivity contribution in [1.82, 2.24) is 4.98 Å². The maximum Gasteiger partial charge on any atom is 0.338 e. The average Bonchev–Trinajstić information content (AvgIpc) is 2.95. The molecule has 4 heteroatoms. The van der Waals surface area contributed by atoms with Crippen LogP contribution in [0, 0.1) is 23.7 Å². The predicted octanol–water partition coefficient (Wildman–Crippen LogP) is 4.74. The van der Waals surface area contributed by atoms with Crippen molar-refractivity contribution >= 4 is 12.0 Å². The lowest BCUT2D eigenvalue weighted by Crippen LogP contribution is -2.53. The molecule has 29 heavy (non-hydrogen) atoms. The van der Waals surface area contributed by atoms with Crippen molar-refractivity contribution in [3.63, 3.8) is 0 Å². The monoisotopic (exact) mass is 391 g/mol. The van der Waals surface area contributed by atoms with Crippen molar-refractivity contribution in [3.8, 4) is 11.1 Å². The second kappa shape index (κ2) is 7.75. The lowest BCUT2D eigenvalue weighted by Gasteiger charge is -2.45. The van der Waals surface area contributed by atoms with Gasteiger partial charge in [0.25, 0.3) is 0 Å². The van der Waals surface area contributed by atoms with Gasteiger partial charge in [-0.15, -0.1) is 0 Å². The van der Waals surface area contributed by atoms with Gasteiger partial charge < -0.3 is 9.84 Å². The van der Waals surface area contributed by atoms with Gasteiger partial charge in [-0.1, -0.05) is 62.7 Å². The molecule has 0 bridgehead atoms. The molecule has 0 amide bonds. The van der Waals surface area contributed by atoms with Crippen molar-refractivity contribution in [2.75, 3.05) is 0 Å². The number of carbonyl (C=O) groups excluding carboxylic acids is 1. The smallest absolute Gasteiger partial charge is 0.338 e. The Morgan fingerprint density at radius 1 is 1.17 bits per heavy atom. The minimum absolute atomic E-state index is 0.0748. The van der Waals surface area contributed by atoms with E-state index >= 15 is 0 Å². The molecule has 152 valence electrons. The molecule has 1 aliphatic heterocycles. The van der Waals surface area contributed by atoms with Crippen molar-refractivity contribution < 1.29 is 14.6 Å². The lowest BCUT2D eigenvalue weighted by molar-refractivity contribution is -0.160. The highest BCUT2D eigenvalue weighted by Crippen LogP contribution is 2.52. The number of benzene rings is 1. The van der Waals surface area contributed by atoms with E-state index in [-0.39, 0.29) is 23.9 Å². The third kappa shape index (κ3) is 3.51. The highest BCUT2D eigenvalue weighted by Gasteiger charge is 2.62. The van der Waals surface area contributed by atoms with Crippen molar-refractivity contribution in [2.45, 2.75) is 45.3 Å². The van der Waals surface area contributed by atoms with Crippen LogP contribution in [0.2, 0.25) is 0 Å². The molecule has 2 heterocycles. The fourth-order valence-electron chi connectivity index (χ4n) is 5.46. The number of carbonyl (C=O) groups is 1. The molecule has 6 atom stereocenters. The number of allylic oxidation sites excluding steroid dienone is 1. The van der Waals surface area contributed by atoms with Gasteiger partial charge in [-0.3, -0.25) is 4.98 Å². The molecular formula is C25H29NO3. The summed E-state index contributed by atoms with van der Waals surface area (Å²) in [5.41, 5.74) is 1.73. The second-order valence-corrected chi connectivity index (χ2v) is 8.59. The first-order chi connectivity index (χ1) is 13.9. The minimum atomic E-state index is -1.37. The fraction of sp³-hybridized carbons (Fsp3) is 0.440. The molecule has 2 aromatic rings. The highest BCUT2D eigenvalue weighted by molar-refractivity contribution is 5.82. The first-order valence-electron chi connectivity index (χ1n) is 10.6. The molecule has 4 nitrogen and oxygen atoms in total. The molecule has 1 aromatic heterocycles. The summed E-state index contributed by atoms with van der Waals surface area (Å²) >= 11 is 0. The molecule has 0 spiro atoms. The number of aliphatic hydroxyl groups is 1. The van der Waals surface area contributed by atoms with Gasteiger partial charge in [-0.2, -0.15) is 0 Å². The summed E-state index contributed by atoms with van der Waals surface area (Å²) in [6.07, 6.45) is 7.25. The summed E-state index contributed by atoms with van der Waals surface area (Å²) < 4.78 is 5.46. The molecule has 1 saturated heterocycles. The Bertz CT molecular complexity index is 892. The average molecular weight is 392 g/mol. The van der Waals surface area contributed by atoms with Gasteiger partial charge in [-0.25, -0.2) is 4.79 Å². The van der Waals surface area contributed by atoms with Gasteiger partial charge in [0.2, 0.25) is 0 Å². The Hall–Kier alpha value is -2.46. The zero-order chi connectivity index (χ0) is 20.6. The van der Waals surface area contributed by atoms with Crippen LogP contribution in [-0.2, 0) is 9.53 Å². The van der Waals surface area contributed by atoms with E-state index in [1.807, 2.05) is 43.5 Å². The number of cyclic esters (lactones) is 1. The lowest BCUT2D eigenvalue weighted by atomic mass is 9.59. The summed E-state index contributed by atoms with van der Waals surface area (Å²) in [5.74, 6) is 0.0566. The molecule has 1 aliphatic carbocycles. The standard InChI is InChI=1S/C25H29NO3/c1-4-21-16(2)14-25(28)23(17(3)29-24(25)27)22(21)13-12-20-11-10-19(15-26-20)18-8-6-5-7-9-18/h5-13,15-17,21-23,28H,4,14H2,1-3H3/b13-12+. The van der Waals surface area contributed by atoms with Crippen LogP contribution >= 0.6 is 0 Å². The van der Waals surface area contributed by atoms with E-state index in [4.69, 9.17) is 4.74 Å². The van der Waals surface area contributed by atoms with Gasteiger partial charge in [0.1, 0.15) is 6.10 Å². The predicted molar refractivity (Wildman–Crippen MR) is 114 cm³/mol. The maximum absolute atomic E-state index is 12.4. The molecule has 2 fully saturated rings. The zero-order valence-corrected chi connectivity index (χ0v) is 17.3. The molecule has 4 rings (SSSR count). The number of hydrogen-bond acceptors (Lipinski definition) is 4. The number of hydrogen-bond donors (Lipinski definition) is 1. The van der Waals surface area contributed by atoms with E-state index < -0.39 is 11.6 Å². The zero-order valence-electron chi connectivity index (χ0n) is 17.3. The molecule has 1 saturated carbocycles. The van der Waals surface area contributed by atoms with E-state index in [0.717, 1.165) is 23.2 Å². The fourth-order valence-corrected chi connectivity index (χ4v) is 5.46. The third-order valence-electron chi connectivity index (χ3n) is 6.83. The van der Waals surface area contributed by atoms with Gasteiger partial charge in [0.15, 0.2) is 5.60 Å². The van der Waals surface area contributed by atoms with E-state index in [1.165, 1.54) is 0 Å². The largest absolute Gasteiger partial charge is 0.460 e. The Morgan fingerprint density at radius 2 is 1.93 bits per heavy atom. The third-order valence-corrected chi connectivity index (χ3v) is 6.83. The minimum Gasteiger partial charge on any atom is -0.460 e. The topological polar surface area (TPSA) is 59.4 Å². The Labute approximate surface area is 172 Å². The van der Waals surface area contributed by atoms with Gasteiger partial charge in [-0.05, 0) is 48.8 Å². The molecule has 0 radical (unpaired) electrons. The van der Waals surface area contributed by atoms with Crippen LogP contribution < -0.4 is 0 Å². The van der Waals surface area contributed by atoms with Crippen LogP contribution in [0.5, 0.6) is 0 Å². The van der Waals surface area contributed by atoms with E-state index in [0.29, 0.717) is 12.3 Å². The summed E-state index contributed by atoms with van der Waals surface area (Å²) in [6, 6.07) is 14.3. The number of nitrogens with zero attached hydrogens (tertiary/aromatic N) is 1. The highest BCUT2D eigenvalue weighted by atomic mass is 16.6. The van der Waals surface area contributed by atoms with Crippen LogP contribution in [0.4, 0.5) is 0 Å². The van der Waals surface area contributed by atoms with Crippen molar-refractivity contribution in [2.24, 2.45) is 23.7 Å². The summed E-state index contributed by atoms with van der Waals surface area (Å²) in [7, 11) is 0. The van der Waals surface area contributed by atoms with Crippen LogP contribution in [0.15, 0.2) is 54.7 Å². The Morgan fingerprint density at radius 3 is 2.59 bits per heavy atom. The number of pyridine rings is 1. The van der Waals surface area contributed by atoms with E-state index in [1.54, 1.807) is 0 Å². The number of esters is 1. The maximum atomic E-state index is 12.4. The summed E-state index contributed by atoms with van der Waals surface area (Å²) in [5, 5.41) is 11.1.